The second kappa shape index (κ2) is 5.87. The predicted molar refractivity (Wildman–Crippen MR) is 74.9 cm³/mol. The third-order valence-corrected chi connectivity index (χ3v) is 2.81. The molecule has 2 aromatic carbocycles. The Bertz CT molecular complexity index is 685. The van der Waals surface area contributed by atoms with Crippen molar-refractivity contribution in [2.75, 3.05) is 5.73 Å². The van der Waals surface area contributed by atoms with Crippen molar-refractivity contribution in [3.8, 4) is 5.75 Å². The molecule has 21 heavy (non-hydrogen) atoms. The lowest BCUT2D eigenvalue weighted by atomic mass is 10.1. The number of nitrogens with two attached hydrogens (primary N) is 1. The Morgan fingerprint density at radius 3 is 2.24 bits per heavy atom. The largest absolute Gasteiger partial charge is 0.489 e. The first-order chi connectivity index (χ1) is 9.99. The number of non-ortho nitro benzene ring substituents is 1. The van der Waals surface area contributed by atoms with Gasteiger partial charge in [-0.25, -0.2) is 0 Å². The molecule has 0 aromatic heterocycles. The topological polar surface area (TPSA) is 122 Å². The molecule has 0 saturated carbocycles. The van der Waals surface area contributed by atoms with Crippen LogP contribution in [-0.4, -0.2) is 9.85 Å². The summed E-state index contributed by atoms with van der Waals surface area (Å²) in [6, 6.07) is 9.97. The van der Waals surface area contributed by atoms with Gasteiger partial charge < -0.3 is 10.5 Å². The van der Waals surface area contributed by atoms with Crippen molar-refractivity contribution in [2.24, 2.45) is 0 Å². The number of nitro groups is 2. The molecule has 0 aliphatic heterocycles. The van der Waals surface area contributed by atoms with Gasteiger partial charge in [-0.15, -0.1) is 0 Å². The summed E-state index contributed by atoms with van der Waals surface area (Å²) in [6.45, 7) is 0.0331. The van der Waals surface area contributed by atoms with Gasteiger partial charge in [0, 0.05) is 23.8 Å². The molecular formula is C13H11N3O5. The van der Waals surface area contributed by atoms with E-state index in [-0.39, 0.29) is 23.7 Å². The molecule has 0 saturated heterocycles. The summed E-state index contributed by atoms with van der Waals surface area (Å²) in [6.07, 6.45) is 0. The number of rotatable bonds is 5. The minimum Gasteiger partial charge on any atom is -0.489 e. The maximum atomic E-state index is 10.8. The molecule has 0 heterocycles. The molecular weight excluding hydrogens is 278 g/mol. The third kappa shape index (κ3) is 3.24. The molecule has 0 unspecified atom stereocenters. The molecule has 0 spiro atoms. The van der Waals surface area contributed by atoms with E-state index in [9.17, 15) is 20.2 Å². The Morgan fingerprint density at radius 2 is 1.67 bits per heavy atom. The first-order valence-corrected chi connectivity index (χ1v) is 5.88. The minimum atomic E-state index is -0.565. The molecule has 0 aliphatic carbocycles. The first kappa shape index (κ1) is 14.3. The van der Waals surface area contributed by atoms with Crippen molar-refractivity contribution in [1.29, 1.82) is 0 Å². The van der Waals surface area contributed by atoms with Crippen LogP contribution in [0.5, 0.6) is 5.75 Å². The van der Waals surface area contributed by atoms with Crippen molar-refractivity contribution in [1.82, 2.24) is 0 Å². The highest BCUT2D eigenvalue weighted by Gasteiger charge is 2.14. The molecule has 2 N–H and O–H groups in total. The van der Waals surface area contributed by atoms with E-state index in [0.29, 0.717) is 11.3 Å². The zero-order chi connectivity index (χ0) is 15.4. The van der Waals surface area contributed by atoms with E-state index >= 15 is 0 Å². The maximum Gasteiger partial charge on any atom is 0.292 e. The molecule has 8 heteroatoms. The van der Waals surface area contributed by atoms with Gasteiger partial charge in [-0.3, -0.25) is 20.2 Å². The summed E-state index contributed by atoms with van der Waals surface area (Å²) in [5.41, 5.74) is 6.00. The van der Waals surface area contributed by atoms with E-state index in [2.05, 4.69) is 0 Å². The van der Waals surface area contributed by atoms with Gasteiger partial charge >= 0.3 is 0 Å². The fourth-order valence-corrected chi connectivity index (χ4v) is 1.71. The molecule has 0 bridgehead atoms. The van der Waals surface area contributed by atoms with Crippen molar-refractivity contribution < 1.29 is 14.6 Å². The van der Waals surface area contributed by atoms with Crippen LogP contribution in [0.1, 0.15) is 5.56 Å². The zero-order valence-electron chi connectivity index (χ0n) is 10.8. The van der Waals surface area contributed by atoms with Crippen molar-refractivity contribution in [2.45, 2.75) is 6.61 Å². The van der Waals surface area contributed by atoms with Crippen molar-refractivity contribution >= 4 is 17.1 Å². The number of ether oxygens (including phenoxy) is 1. The lowest BCUT2D eigenvalue weighted by Gasteiger charge is -2.08. The molecule has 0 atom stereocenters. The van der Waals surface area contributed by atoms with Crippen LogP contribution in [0.4, 0.5) is 17.1 Å². The molecule has 0 amide bonds. The Hall–Kier alpha value is -3.16. The minimum absolute atomic E-state index is 0.0331. The van der Waals surface area contributed by atoms with Crippen LogP contribution in [0.25, 0.3) is 0 Å². The number of benzene rings is 2. The number of para-hydroxylation sites is 1. The van der Waals surface area contributed by atoms with Gasteiger partial charge in [0.05, 0.1) is 9.85 Å². The number of hydrogen-bond donors (Lipinski definition) is 1. The van der Waals surface area contributed by atoms with Crippen LogP contribution >= 0.6 is 0 Å². The Balaban J connectivity index is 2.11. The second-order valence-electron chi connectivity index (χ2n) is 4.15. The Kier molecular flexibility index (Phi) is 3.98. The molecule has 0 fully saturated rings. The summed E-state index contributed by atoms with van der Waals surface area (Å²) >= 11 is 0. The van der Waals surface area contributed by atoms with E-state index in [1.807, 2.05) is 0 Å². The predicted octanol–water partition coefficient (Wildman–Crippen LogP) is 2.66. The molecule has 0 radical (unpaired) electrons. The van der Waals surface area contributed by atoms with Crippen molar-refractivity contribution in [3.63, 3.8) is 0 Å². The average molecular weight is 289 g/mol. The standard InChI is InChI=1S/C13H11N3O5/c14-13-9(2-1-3-12(13)16(19)20)8-21-11-6-4-10(5-7-11)15(17)18/h1-7H,8,14H2. The zero-order valence-corrected chi connectivity index (χ0v) is 10.8. The fraction of sp³-hybridized carbons (Fsp3) is 0.0769. The van der Waals surface area contributed by atoms with Gasteiger partial charge in [-0.1, -0.05) is 12.1 Å². The van der Waals surface area contributed by atoms with Crippen LogP contribution in [-0.2, 0) is 6.61 Å². The van der Waals surface area contributed by atoms with E-state index in [4.69, 9.17) is 10.5 Å². The average Bonchev–Trinajstić information content (AvgIpc) is 2.46. The van der Waals surface area contributed by atoms with Gasteiger partial charge in [-0.2, -0.15) is 0 Å². The molecule has 2 aromatic rings. The highest BCUT2D eigenvalue weighted by molar-refractivity contribution is 5.62. The lowest BCUT2D eigenvalue weighted by molar-refractivity contribution is -0.384. The summed E-state index contributed by atoms with van der Waals surface area (Å²) in [4.78, 5) is 20.2. The van der Waals surface area contributed by atoms with E-state index in [0.717, 1.165) is 0 Å². The van der Waals surface area contributed by atoms with Crippen LogP contribution in [0.15, 0.2) is 42.5 Å². The van der Waals surface area contributed by atoms with Gasteiger partial charge in [0.1, 0.15) is 18.0 Å². The number of nitro benzene ring substituents is 2. The molecule has 108 valence electrons. The van der Waals surface area contributed by atoms with Gasteiger partial charge in [0.25, 0.3) is 11.4 Å². The van der Waals surface area contributed by atoms with Crippen molar-refractivity contribution in [3.05, 3.63) is 68.3 Å². The maximum absolute atomic E-state index is 10.8. The smallest absolute Gasteiger partial charge is 0.292 e. The second-order valence-corrected chi connectivity index (χ2v) is 4.15. The summed E-state index contributed by atoms with van der Waals surface area (Å²) < 4.78 is 5.42. The van der Waals surface area contributed by atoms with Gasteiger partial charge in [0.2, 0.25) is 0 Å². The summed E-state index contributed by atoms with van der Waals surface area (Å²) in [5.74, 6) is 0.409. The normalized spacial score (nSPS) is 10.1. The van der Waals surface area contributed by atoms with Gasteiger partial charge in [-0.05, 0) is 12.1 Å². The third-order valence-electron chi connectivity index (χ3n) is 2.81. The quantitative estimate of drug-likeness (QED) is 0.513. The van der Waals surface area contributed by atoms with E-state index in [1.54, 1.807) is 6.07 Å². The Morgan fingerprint density at radius 1 is 1.00 bits per heavy atom. The first-order valence-electron chi connectivity index (χ1n) is 5.88. The Labute approximate surface area is 119 Å². The monoisotopic (exact) mass is 289 g/mol. The van der Waals surface area contributed by atoms with Crippen LogP contribution in [0.2, 0.25) is 0 Å². The number of hydrogen-bond acceptors (Lipinski definition) is 6. The SMILES string of the molecule is Nc1c(COc2ccc([N+](=O)[O-])cc2)cccc1[N+](=O)[O-]. The lowest BCUT2D eigenvalue weighted by Crippen LogP contribution is -2.03. The number of nitrogen functional groups attached to an aromatic ring is 1. The van der Waals surface area contributed by atoms with Crippen LogP contribution in [0, 0.1) is 20.2 Å². The number of anilines is 1. The molecule has 2 rings (SSSR count). The molecule has 8 nitrogen and oxygen atoms in total. The highest BCUT2D eigenvalue weighted by Crippen LogP contribution is 2.26. The van der Waals surface area contributed by atoms with Gasteiger partial charge in [0.15, 0.2) is 0 Å². The highest BCUT2D eigenvalue weighted by atomic mass is 16.6. The van der Waals surface area contributed by atoms with E-state index < -0.39 is 9.85 Å². The summed E-state index contributed by atoms with van der Waals surface area (Å²) in [5, 5.41) is 21.3. The van der Waals surface area contributed by atoms with Crippen LogP contribution in [0.3, 0.4) is 0 Å². The fourth-order valence-electron chi connectivity index (χ4n) is 1.71. The number of nitrogens with zero attached hydrogens (tertiary/aromatic N) is 2. The molecule has 0 aliphatic rings. The summed E-state index contributed by atoms with van der Waals surface area (Å²) in [7, 11) is 0. The van der Waals surface area contributed by atoms with E-state index in [1.165, 1.54) is 36.4 Å². The van der Waals surface area contributed by atoms with Crippen LogP contribution < -0.4 is 10.5 Å².